The van der Waals surface area contributed by atoms with Crippen LogP contribution in [-0.4, -0.2) is 49.6 Å². The van der Waals surface area contributed by atoms with Gasteiger partial charge in [0.15, 0.2) is 5.96 Å². The number of aliphatic imine (C=N–C) groups is 1. The first-order chi connectivity index (χ1) is 10.0. The van der Waals surface area contributed by atoms with Gasteiger partial charge in [-0.05, 0) is 38.6 Å². The van der Waals surface area contributed by atoms with E-state index >= 15 is 0 Å². The lowest BCUT2D eigenvalue weighted by atomic mass is 10.0. The summed E-state index contributed by atoms with van der Waals surface area (Å²) >= 11 is 0. The summed E-state index contributed by atoms with van der Waals surface area (Å²) in [6.45, 7) is 6.07. The summed E-state index contributed by atoms with van der Waals surface area (Å²) in [6, 6.07) is 6.41. The van der Waals surface area contributed by atoms with Gasteiger partial charge in [0.1, 0.15) is 0 Å². The van der Waals surface area contributed by atoms with E-state index in [0.29, 0.717) is 18.5 Å². The quantitative estimate of drug-likeness (QED) is 0.405. The van der Waals surface area contributed by atoms with E-state index in [1.165, 1.54) is 0 Å². The van der Waals surface area contributed by atoms with E-state index in [9.17, 15) is 0 Å². The molecule has 0 aromatic carbocycles. The Morgan fingerprint density at radius 1 is 1.27 bits per heavy atom. The molecule has 5 nitrogen and oxygen atoms in total. The van der Waals surface area contributed by atoms with Crippen LogP contribution in [0.2, 0.25) is 0 Å². The minimum absolute atomic E-state index is 0. The van der Waals surface area contributed by atoms with Gasteiger partial charge in [-0.3, -0.25) is 9.98 Å². The molecule has 0 saturated carbocycles. The fraction of sp³-hybridized carbons (Fsp3) is 0.625. The third kappa shape index (κ3) is 8.53. The second kappa shape index (κ2) is 11.6. The van der Waals surface area contributed by atoms with Gasteiger partial charge in [0, 0.05) is 25.8 Å². The highest BCUT2D eigenvalue weighted by Gasteiger charge is 2.13. The lowest BCUT2D eigenvalue weighted by Crippen LogP contribution is -2.45. The Hall–Kier alpha value is -0.890. The number of hydrogen-bond donors (Lipinski definition) is 2. The first-order valence-corrected chi connectivity index (χ1v) is 7.53. The molecule has 0 aliphatic heterocycles. The topological polar surface area (TPSA) is 52.6 Å². The SMILES string of the molecule is CN=C(NCc1ccccn1)NCC(CC(C)C)N(C)C.I. The average molecular weight is 419 g/mol. The molecule has 126 valence electrons. The molecule has 22 heavy (non-hydrogen) atoms. The number of pyridine rings is 1. The van der Waals surface area contributed by atoms with E-state index in [2.05, 4.69) is 53.5 Å². The number of nitrogens with one attached hydrogen (secondary N) is 2. The lowest BCUT2D eigenvalue weighted by molar-refractivity contribution is 0.254. The van der Waals surface area contributed by atoms with Gasteiger partial charge in [0.25, 0.3) is 0 Å². The molecule has 0 aliphatic rings. The predicted octanol–water partition coefficient (Wildman–Crippen LogP) is 2.34. The zero-order chi connectivity index (χ0) is 15.7. The molecule has 1 unspecified atom stereocenters. The van der Waals surface area contributed by atoms with Crippen molar-refractivity contribution >= 4 is 29.9 Å². The molecule has 0 radical (unpaired) electrons. The first-order valence-electron chi connectivity index (χ1n) is 7.53. The summed E-state index contributed by atoms with van der Waals surface area (Å²) in [5.41, 5.74) is 1.01. The van der Waals surface area contributed by atoms with Crippen molar-refractivity contribution in [3.63, 3.8) is 0 Å². The van der Waals surface area contributed by atoms with E-state index < -0.39 is 0 Å². The number of halogens is 1. The van der Waals surface area contributed by atoms with Crippen molar-refractivity contribution in [3.05, 3.63) is 30.1 Å². The summed E-state index contributed by atoms with van der Waals surface area (Å²) in [5.74, 6) is 1.50. The van der Waals surface area contributed by atoms with Gasteiger partial charge in [-0.1, -0.05) is 19.9 Å². The van der Waals surface area contributed by atoms with Crippen LogP contribution in [0.3, 0.4) is 0 Å². The molecule has 1 aromatic rings. The normalized spacial score (nSPS) is 13.0. The fourth-order valence-corrected chi connectivity index (χ4v) is 2.13. The van der Waals surface area contributed by atoms with E-state index in [1.54, 1.807) is 13.2 Å². The van der Waals surface area contributed by atoms with Crippen LogP contribution in [0.4, 0.5) is 0 Å². The van der Waals surface area contributed by atoms with Crippen molar-refractivity contribution < 1.29 is 0 Å². The molecule has 2 N–H and O–H groups in total. The van der Waals surface area contributed by atoms with Crippen LogP contribution >= 0.6 is 24.0 Å². The number of hydrogen-bond acceptors (Lipinski definition) is 3. The maximum Gasteiger partial charge on any atom is 0.191 e. The monoisotopic (exact) mass is 419 g/mol. The van der Waals surface area contributed by atoms with Crippen LogP contribution in [-0.2, 0) is 6.54 Å². The summed E-state index contributed by atoms with van der Waals surface area (Å²) in [7, 11) is 6.04. The third-order valence-electron chi connectivity index (χ3n) is 3.37. The molecule has 0 amide bonds. The van der Waals surface area contributed by atoms with Crippen LogP contribution < -0.4 is 10.6 Å². The zero-order valence-corrected chi connectivity index (χ0v) is 16.7. The van der Waals surface area contributed by atoms with Crippen LogP contribution in [0.1, 0.15) is 26.0 Å². The van der Waals surface area contributed by atoms with Crippen LogP contribution in [0.25, 0.3) is 0 Å². The number of guanidine groups is 1. The molecule has 1 rings (SSSR count). The average Bonchev–Trinajstić information content (AvgIpc) is 2.46. The Morgan fingerprint density at radius 2 is 2.00 bits per heavy atom. The summed E-state index contributed by atoms with van der Waals surface area (Å²) in [6.07, 6.45) is 2.97. The zero-order valence-electron chi connectivity index (χ0n) is 14.3. The Kier molecular flexibility index (Phi) is 11.2. The van der Waals surface area contributed by atoms with Crippen LogP contribution in [0, 0.1) is 5.92 Å². The van der Waals surface area contributed by atoms with Crippen LogP contribution in [0.5, 0.6) is 0 Å². The fourth-order valence-electron chi connectivity index (χ4n) is 2.13. The molecule has 1 heterocycles. The molecule has 0 fully saturated rings. The van der Waals surface area contributed by atoms with Crippen LogP contribution in [0.15, 0.2) is 29.4 Å². The van der Waals surface area contributed by atoms with Crippen molar-refractivity contribution in [1.82, 2.24) is 20.5 Å². The van der Waals surface area contributed by atoms with E-state index in [1.807, 2.05) is 18.2 Å². The molecular weight excluding hydrogens is 389 g/mol. The van der Waals surface area contributed by atoms with Gasteiger partial charge in [-0.15, -0.1) is 24.0 Å². The maximum absolute atomic E-state index is 4.29. The minimum atomic E-state index is 0. The van der Waals surface area contributed by atoms with Crippen molar-refractivity contribution in [1.29, 1.82) is 0 Å². The molecule has 1 aromatic heterocycles. The number of likely N-dealkylation sites (N-methyl/N-ethyl adjacent to an activating group) is 1. The van der Waals surface area contributed by atoms with Gasteiger partial charge >= 0.3 is 0 Å². The van der Waals surface area contributed by atoms with Gasteiger partial charge in [0.05, 0.1) is 12.2 Å². The molecule has 1 atom stereocenters. The Morgan fingerprint density at radius 3 is 2.50 bits per heavy atom. The largest absolute Gasteiger partial charge is 0.355 e. The summed E-state index contributed by atoms with van der Waals surface area (Å²) < 4.78 is 0. The summed E-state index contributed by atoms with van der Waals surface area (Å²) in [4.78, 5) is 10.8. The minimum Gasteiger partial charge on any atom is -0.355 e. The van der Waals surface area contributed by atoms with E-state index in [4.69, 9.17) is 0 Å². The molecule has 0 spiro atoms. The van der Waals surface area contributed by atoms with E-state index in [0.717, 1.165) is 24.6 Å². The summed E-state index contributed by atoms with van der Waals surface area (Å²) in [5, 5.41) is 6.69. The van der Waals surface area contributed by atoms with Crippen molar-refractivity contribution in [2.45, 2.75) is 32.9 Å². The molecule has 6 heteroatoms. The number of aromatic nitrogens is 1. The van der Waals surface area contributed by atoms with Crippen molar-refractivity contribution in [2.75, 3.05) is 27.7 Å². The highest BCUT2D eigenvalue weighted by Crippen LogP contribution is 2.08. The second-order valence-corrected chi connectivity index (χ2v) is 5.87. The highest BCUT2D eigenvalue weighted by molar-refractivity contribution is 14.0. The Labute approximate surface area is 152 Å². The second-order valence-electron chi connectivity index (χ2n) is 5.87. The number of nitrogens with zero attached hydrogens (tertiary/aromatic N) is 3. The van der Waals surface area contributed by atoms with E-state index in [-0.39, 0.29) is 24.0 Å². The predicted molar refractivity (Wildman–Crippen MR) is 105 cm³/mol. The number of rotatable bonds is 7. The van der Waals surface area contributed by atoms with Gasteiger partial charge in [0.2, 0.25) is 0 Å². The van der Waals surface area contributed by atoms with Gasteiger partial charge in [-0.25, -0.2) is 0 Å². The molecule has 0 aliphatic carbocycles. The maximum atomic E-state index is 4.29. The van der Waals surface area contributed by atoms with Crippen molar-refractivity contribution in [3.8, 4) is 0 Å². The first kappa shape index (κ1) is 21.1. The lowest BCUT2D eigenvalue weighted by Gasteiger charge is -2.27. The van der Waals surface area contributed by atoms with Crippen molar-refractivity contribution in [2.24, 2.45) is 10.9 Å². The Bertz CT molecular complexity index is 420. The van der Waals surface area contributed by atoms with Gasteiger partial charge in [-0.2, -0.15) is 0 Å². The smallest absolute Gasteiger partial charge is 0.191 e. The molecule has 0 saturated heterocycles. The molecular formula is C16H30IN5. The van der Waals surface area contributed by atoms with Gasteiger partial charge < -0.3 is 15.5 Å². The molecule has 0 bridgehead atoms. The highest BCUT2D eigenvalue weighted by atomic mass is 127. The third-order valence-corrected chi connectivity index (χ3v) is 3.37. The standard InChI is InChI=1S/C16H29N5.HI/c1-13(2)10-15(21(4)5)12-20-16(17-3)19-11-14-8-6-7-9-18-14;/h6-9,13,15H,10-12H2,1-5H3,(H2,17,19,20);1H. The Balaban J connectivity index is 0.00000441.